The Morgan fingerprint density at radius 1 is 1.56 bits per heavy atom. The van der Waals surface area contributed by atoms with Crippen LogP contribution in [-0.4, -0.2) is 28.5 Å². The van der Waals surface area contributed by atoms with Crippen molar-refractivity contribution < 1.29 is 4.79 Å². The van der Waals surface area contributed by atoms with Crippen LogP contribution in [0.1, 0.15) is 43.2 Å². The summed E-state index contributed by atoms with van der Waals surface area (Å²) in [7, 11) is 0. The van der Waals surface area contributed by atoms with Crippen molar-refractivity contribution in [3.8, 4) is 6.07 Å². The fourth-order valence-electron chi connectivity index (χ4n) is 2.45. The summed E-state index contributed by atoms with van der Waals surface area (Å²) in [6.07, 6.45) is 3.77. The molecule has 0 aliphatic carbocycles. The number of hydrogen-bond acceptors (Lipinski definition) is 2. The zero-order valence-electron chi connectivity index (χ0n) is 11.0. The third-order valence-electron chi connectivity index (χ3n) is 3.45. The summed E-state index contributed by atoms with van der Waals surface area (Å²) in [5.74, 6) is 0.0406. The maximum atomic E-state index is 12.4. The van der Waals surface area contributed by atoms with Gasteiger partial charge in [-0.25, -0.2) is 0 Å². The smallest absolute Gasteiger partial charge is 0.270 e. The number of piperidine rings is 1. The average molecular weight is 245 g/mol. The number of amides is 1. The van der Waals surface area contributed by atoms with Crippen LogP contribution in [0.15, 0.2) is 18.3 Å². The highest BCUT2D eigenvalue weighted by molar-refractivity contribution is 5.93. The average Bonchev–Trinajstić information content (AvgIpc) is 2.87. The van der Waals surface area contributed by atoms with E-state index >= 15 is 0 Å². The Bertz CT molecular complexity index is 470. The van der Waals surface area contributed by atoms with Gasteiger partial charge in [0.15, 0.2) is 0 Å². The van der Waals surface area contributed by atoms with Gasteiger partial charge in [-0.05, 0) is 38.8 Å². The highest BCUT2D eigenvalue weighted by Crippen LogP contribution is 2.19. The molecule has 2 rings (SSSR count). The number of nitrogens with zero attached hydrogens (tertiary/aromatic N) is 3. The van der Waals surface area contributed by atoms with Crippen molar-refractivity contribution in [3.63, 3.8) is 0 Å². The van der Waals surface area contributed by atoms with Crippen LogP contribution in [-0.2, 0) is 0 Å². The molecule has 1 amide bonds. The molecule has 1 aliphatic heterocycles. The van der Waals surface area contributed by atoms with E-state index in [2.05, 4.69) is 19.9 Å². The number of likely N-dealkylation sites (tertiary alicyclic amines) is 1. The molecule has 1 saturated heterocycles. The minimum atomic E-state index is -0.00911. The van der Waals surface area contributed by atoms with Crippen molar-refractivity contribution in [1.29, 1.82) is 5.26 Å². The fraction of sp³-hybridized carbons (Fsp3) is 0.571. The van der Waals surface area contributed by atoms with Crippen LogP contribution in [0, 0.1) is 17.2 Å². The molecule has 0 aromatic carbocycles. The number of rotatable bonds is 2. The predicted octanol–water partition coefficient (Wildman–Crippen LogP) is 2.44. The van der Waals surface area contributed by atoms with E-state index in [-0.39, 0.29) is 17.9 Å². The standard InChI is InChI=1S/C14H19N3O/c1-11(2)17-8-4-6-13(17)14(18)16-7-3-5-12(9-15)10-16/h4,6,8,11-12H,3,5,7,10H2,1-2H3. The largest absolute Gasteiger partial charge is 0.341 e. The summed E-state index contributed by atoms with van der Waals surface area (Å²) in [6.45, 7) is 5.45. The quantitative estimate of drug-likeness (QED) is 0.803. The van der Waals surface area contributed by atoms with Gasteiger partial charge in [0.05, 0.1) is 12.0 Å². The summed E-state index contributed by atoms with van der Waals surface area (Å²) < 4.78 is 1.98. The molecule has 0 N–H and O–H groups in total. The number of carbonyl (C=O) groups excluding carboxylic acids is 1. The normalized spacial score (nSPS) is 19.9. The molecular formula is C14H19N3O. The zero-order chi connectivity index (χ0) is 13.1. The SMILES string of the molecule is CC(C)n1cccc1C(=O)N1CCCC(C#N)C1. The van der Waals surface area contributed by atoms with Gasteiger partial charge in [-0.2, -0.15) is 5.26 Å². The van der Waals surface area contributed by atoms with Crippen LogP contribution < -0.4 is 0 Å². The lowest BCUT2D eigenvalue weighted by Gasteiger charge is -2.30. The molecule has 1 aromatic rings. The Hall–Kier alpha value is -1.76. The Morgan fingerprint density at radius 2 is 2.33 bits per heavy atom. The third-order valence-corrected chi connectivity index (χ3v) is 3.45. The molecule has 0 saturated carbocycles. The van der Waals surface area contributed by atoms with Gasteiger partial charge in [0, 0.05) is 25.3 Å². The van der Waals surface area contributed by atoms with Gasteiger partial charge < -0.3 is 9.47 Å². The second kappa shape index (κ2) is 5.26. The van der Waals surface area contributed by atoms with Crippen molar-refractivity contribution in [1.82, 2.24) is 9.47 Å². The van der Waals surface area contributed by atoms with E-state index in [0.29, 0.717) is 6.54 Å². The molecule has 2 heterocycles. The van der Waals surface area contributed by atoms with E-state index in [9.17, 15) is 4.79 Å². The van der Waals surface area contributed by atoms with Crippen molar-refractivity contribution in [2.24, 2.45) is 5.92 Å². The Balaban J connectivity index is 2.16. The van der Waals surface area contributed by atoms with Gasteiger partial charge in [0.2, 0.25) is 0 Å². The van der Waals surface area contributed by atoms with Gasteiger partial charge in [-0.15, -0.1) is 0 Å². The molecule has 4 heteroatoms. The van der Waals surface area contributed by atoms with Crippen molar-refractivity contribution >= 4 is 5.91 Å². The molecule has 0 bridgehead atoms. The highest BCUT2D eigenvalue weighted by Gasteiger charge is 2.26. The van der Waals surface area contributed by atoms with E-state index in [0.717, 1.165) is 25.1 Å². The lowest BCUT2D eigenvalue weighted by Crippen LogP contribution is -2.40. The zero-order valence-corrected chi connectivity index (χ0v) is 11.0. The van der Waals surface area contributed by atoms with Crippen LogP contribution in [0.25, 0.3) is 0 Å². The first-order chi connectivity index (χ1) is 8.63. The minimum Gasteiger partial charge on any atom is -0.341 e. The minimum absolute atomic E-state index is 0.00911. The Labute approximate surface area is 108 Å². The van der Waals surface area contributed by atoms with Crippen molar-refractivity contribution in [2.75, 3.05) is 13.1 Å². The second-order valence-corrected chi connectivity index (χ2v) is 5.11. The van der Waals surface area contributed by atoms with E-state index in [1.807, 2.05) is 27.8 Å². The summed E-state index contributed by atoms with van der Waals surface area (Å²) in [5.41, 5.74) is 0.726. The fourth-order valence-corrected chi connectivity index (χ4v) is 2.45. The molecule has 96 valence electrons. The maximum absolute atomic E-state index is 12.4. The summed E-state index contributed by atoms with van der Waals surface area (Å²) in [5, 5.41) is 8.97. The van der Waals surface area contributed by atoms with Crippen LogP contribution in [0.5, 0.6) is 0 Å². The van der Waals surface area contributed by atoms with Gasteiger partial charge in [-0.3, -0.25) is 4.79 Å². The maximum Gasteiger partial charge on any atom is 0.270 e. The lowest BCUT2D eigenvalue weighted by atomic mass is 9.99. The van der Waals surface area contributed by atoms with E-state index in [1.54, 1.807) is 0 Å². The number of aromatic nitrogens is 1. The molecule has 1 aliphatic rings. The summed E-state index contributed by atoms with van der Waals surface area (Å²) in [4.78, 5) is 14.3. The molecule has 0 spiro atoms. The van der Waals surface area contributed by atoms with Crippen molar-refractivity contribution in [3.05, 3.63) is 24.0 Å². The first kappa shape index (κ1) is 12.7. The topological polar surface area (TPSA) is 49.0 Å². The predicted molar refractivity (Wildman–Crippen MR) is 69.1 cm³/mol. The van der Waals surface area contributed by atoms with Gasteiger partial charge in [-0.1, -0.05) is 0 Å². The first-order valence-electron chi connectivity index (χ1n) is 6.49. The van der Waals surface area contributed by atoms with Crippen LogP contribution in [0.4, 0.5) is 0 Å². The molecule has 4 nitrogen and oxygen atoms in total. The summed E-state index contributed by atoms with van der Waals surface area (Å²) in [6, 6.07) is 6.31. The number of nitriles is 1. The molecule has 0 radical (unpaired) electrons. The monoisotopic (exact) mass is 245 g/mol. The molecular weight excluding hydrogens is 226 g/mol. The molecule has 1 fully saturated rings. The van der Waals surface area contributed by atoms with Gasteiger partial charge in [0.1, 0.15) is 5.69 Å². The lowest BCUT2D eigenvalue weighted by molar-refractivity contribution is 0.0686. The number of hydrogen-bond donors (Lipinski definition) is 0. The van der Waals surface area contributed by atoms with Crippen LogP contribution >= 0.6 is 0 Å². The second-order valence-electron chi connectivity index (χ2n) is 5.11. The van der Waals surface area contributed by atoms with Crippen LogP contribution in [0.2, 0.25) is 0 Å². The Kier molecular flexibility index (Phi) is 3.71. The third kappa shape index (κ3) is 2.40. The molecule has 1 unspecified atom stereocenters. The van der Waals surface area contributed by atoms with Crippen molar-refractivity contribution in [2.45, 2.75) is 32.7 Å². The van der Waals surface area contributed by atoms with Gasteiger partial charge >= 0.3 is 0 Å². The summed E-state index contributed by atoms with van der Waals surface area (Å²) >= 11 is 0. The molecule has 1 atom stereocenters. The molecule has 1 aromatic heterocycles. The van der Waals surface area contributed by atoms with Crippen LogP contribution in [0.3, 0.4) is 0 Å². The molecule has 18 heavy (non-hydrogen) atoms. The number of carbonyl (C=O) groups is 1. The Morgan fingerprint density at radius 3 is 3.00 bits per heavy atom. The van der Waals surface area contributed by atoms with E-state index in [1.165, 1.54) is 0 Å². The van der Waals surface area contributed by atoms with Gasteiger partial charge in [0.25, 0.3) is 5.91 Å². The first-order valence-corrected chi connectivity index (χ1v) is 6.49. The highest BCUT2D eigenvalue weighted by atomic mass is 16.2. The van der Waals surface area contributed by atoms with E-state index in [4.69, 9.17) is 5.26 Å². The van der Waals surface area contributed by atoms with E-state index < -0.39 is 0 Å².